The van der Waals surface area contributed by atoms with E-state index in [4.69, 9.17) is 9.05 Å². The maximum absolute atomic E-state index is 12.4. The van der Waals surface area contributed by atoms with E-state index in [1.807, 2.05) is 21.1 Å². The zero-order valence-corrected chi connectivity index (χ0v) is 20.0. The molecular weight excluding hydrogens is 413 g/mol. The van der Waals surface area contributed by atoms with Crippen LogP contribution in [0.5, 0.6) is 0 Å². The van der Waals surface area contributed by atoms with Gasteiger partial charge in [-0.15, -0.1) is 0 Å². The summed E-state index contributed by atoms with van der Waals surface area (Å²) >= 11 is 0. The lowest BCUT2D eigenvalue weighted by atomic mass is 10.0. The molecule has 9 nitrogen and oxygen atoms in total. The molecule has 2 unspecified atom stereocenters. The molecule has 0 saturated heterocycles. The predicted octanol–water partition coefficient (Wildman–Crippen LogP) is 2.36. The first-order valence-corrected chi connectivity index (χ1v) is 12.4. The van der Waals surface area contributed by atoms with Crippen molar-refractivity contribution in [2.45, 2.75) is 83.0 Å². The fraction of sp³-hybridized carbons (Fsp3) is 0.950. The van der Waals surface area contributed by atoms with Crippen LogP contribution >= 0.6 is 7.82 Å². The molecule has 0 amide bonds. The molecule has 0 fully saturated rings. The van der Waals surface area contributed by atoms with E-state index in [1.54, 1.807) is 0 Å². The zero-order chi connectivity index (χ0) is 23.3. The Labute approximate surface area is 181 Å². The molecule has 180 valence electrons. The Balaban J connectivity index is 4.54. The molecule has 0 radical (unpaired) electrons. The lowest BCUT2D eigenvalue weighted by molar-refractivity contribution is -0.870. The third-order valence-corrected chi connectivity index (χ3v) is 5.71. The van der Waals surface area contributed by atoms with Gasteiger partial charge in [0.1, 0.15) is 19.8 Å². The molecule has 2 atom stereocenters. The van der Waals surface area contributed by atoms with Crippen LogP contribution < -0.4 is 0 Å². The lowest BCUT2D eigenvalue weighted by Crippen LogP contribution is -2.51. The van der Waals surface area contributed by atoms with E-state index >= 15 is 0 Å². The van der Waals surface area contributed by atoms with E-state index in [0.29, 0.717) is 17.4 Å². The first-order valence-electron chi connectivity index (χ1n) is 10.9. The molecule has 0 aliphatic carbocycles. The molecule has 0 aromatic heterocycles. The van der Waals surface area contributed by atoms with Crippen molar-refractivity contribution in [3.63, 3.8) is 0 Å². The first kappa shape index (κ1) is 29.6. The highest BCUT2D eigenvalue weighted by Gasteiger charge is 2.45. The van der Waals surface area contributed by atoms with Crippen molar-refractivity contribution < 1.29 is 43.1 Å². The standard InChI is InChI=1S/C20H42NO8P/c1-5-6-7-8-9-10-11-12-13-14-18(23)19(20(24,25)17-22)29-30(26,27)28-16-15-21(2,3)4/h19,22,24-25H,5-17H2,1-4H3/p+1. The summed E-state index contributed by atoms with van der Waals surface area (Å²) in [5.41, 5.74) is 0. The SMILES string of the molecule is CCCCCCCCCCCC(=O)C(OP(=O)(O)OCC[N+](C)(C)C)C(O)(O)CO. The molecule has 0 spiro atoms. The van der Waals surface area contributed by atoms with Crippen molar-refractivity contribution in [3.8, 4) is 0 Å². The van der Waals surface area contributed by atoms with E-state index in [1.165, 1.54) is 25.7 Å². The van der Waals surface area contributed by atoms with Gasteiger partial charge in [0.25, 0.3) is 0 Å². The number of unbranched alkanes of at least 4 members (excludes halogenated alkanes) is 8. The van der Waals surface area contributed by atoms with Gasteiger partial charge in [0, 0.05) is 6.42 Å². The number of Topliss-reactive ketones (excluding diaryl/α,β-unsaturated/α-hetero) is 1. The van der Waals surface area contributed by atoms with Crippen LogP contribution in [0, 0.1) is 0 Å². The van der Waals surface area contributed by atoms with Crippen LogP contribution in [0.15, 0.2) is 0 Å². The fourth-order valence-electron chi connectivity index (χ4n) is 2.82. The summed E-state index contributed by atoms with van der Waals surface area (Å²) in [5, 5.41) is 28.9. The number of hydrogen-bond acceptors (Lipinski definition) is 7. The Bertz CT molecular complexity index is 521. The molecule has 0 aromatic carbocycles. The highest BCUT2D eigenvalue weighted by Crippen LogP contribution is 2.46. The summed E-state index contributed by atoms with van der Waals surface area (Å²) in [6.45, 7) is 1.22. The molecule has 0 aliphatic heterocycles. The van der Waals surface area contributed by atoms with E-state index < -0.39 is 32.1 Å². The number of aliphatic hydroxyl groups is 3. The van der Waals surface area contributed by atoms with Gasteiger partial charge in [-0.25, -0.2) is 4.57 Å². The van der Waals surface area contributed by atoms with E-state index in [0.717, 1.165) is 25.7 Å². The molecule has 0 aromatic rings. The molecule has 0 heterocycles. The highest BCUT2D eigenvalue weighted by atomic mass is 31.2. The summed E-state index contributed by atoms with van der Waals surface area (Å²) in [5.74, 6) is -3.74. The van der Waals surface area contributed by atoms with E-state index in [-0.39, 0.29) is 13.0 Å². The highest BCUT2D eigenvalue weighted by molar-refractivity contribution is 7.47. The minimum Gasteiger partial charge on any atom is -0.391 e. The van der Waals surface area contributed by atoms with Gasteiger partial charge in [-0.3, -0.25) is 13.8 Å². The number of quaternary nitrogens is 1. The quantitative estimate of drug-likeness (QED) is 0.101. The smallest absolute Gasteiger partial charge is 0.391 e. The van der Waals surface area contributed by atoms with Gasteiger partial charge >= 0.3 is 7.82 Å². The zero-order valence-electron chi connectivity index (χ0n) is 19.1. The fourth-order valence-corrected chi connectivity index (χ4v) is 3.74. The summed E-state index contributed by atoms with van der Waals surface area (Å²) in [6.07, 6.45) is 7.23. The number of likely N-dealkylation sites (N-methyl/N-ethyl adjacent to an activating group) is 1. The minimum atomic E-state index is -4.72. The number of aliphatic hydroxyl groups excluding tert-OH is 1. The predicted molar refractivity (Wildman–Crippen MR) is 115 cm³/mol. The van der Waals surface area contributed by atoms with Crippen LogP contribution in [-0.2, 0) is 18.4 Å². The van der Waals surface area contributed by atoms with E-state index in [9.17, 15) is 29.6 Å². The second-order valence-electron chi connectivity index (χ2n) is 8.88. The Morgan fingerprint density at radius 3 is 1.97 bits per heavy atom. The summed E-state index contributed by atoms with van der Waals surface area (Å²) < 4.78 is 22.2. The monoisotopic (exact) mass is 456 g/mol. The Morgan fingerprint density at radius 2 is 1.50 bits per heavy atom. The first-order chi connectivity index (χ1) is 13.8. The van der Waals surface area contributed by atoms with Crippen molar-refractivity contribution in [2.75, 3.05) is 40.9 Å². The van der Waals surface area contributed by atoms with E-state index in [2.05, 4.69) is 6.92 Å². The van der Waals surface area contributed by atoms with Crippen LogP contribution in [0.3, 0.4) is 0 Å². The second kappa shape index (κ2) is 14.6. The molecule has 30 heavy (non-hydrogen) atoms. The van der Waals surface area contributed by atoms with Crippen LogP contribution in [-0.4, -0.2) is 83.3 Å². The Morgan fingerprint density at radius 1 is 1.00 bits per heavy atom. The number of carbonyl (C=O) groups is 1. The Hall–Kier alpha value is -0.380. The van der Waals surface area contributed by atoms with Crippen molar-refractivity contribution in [1.82, 2.24) is 0 Å². The summed E-state index contributed by atoms with van der Waals surface area (Å²) in [4.78, 5) is 22.3. The topological polar surface area (TPSA) is 134 Å². The molecule has 0 rings (SSSR count). The number of hydrogen-bond donors (Lipinski definition) is 4. The molecule has 4 N–H and O–H groups in total. The molecule has 10 heteroatoms. The van der Waals surface area contributed by atoms with Gasteiger partial charge in [0.15, 0.2) is 11.9 Å². The number of rotatable bonds is 19. The van der Waals surface area contributed by atoms with Crippen LogP contribution in [0.1, 0.15) is 71.1 Å². The average molecular weight is 457 g/mol. The maximum Gasteiger partial charge on any atom is 0.473 e. The van der Waals surface area contributed by atoms with Crippen molar-refractivity contribution in [1.29, 1.82) is 0 Å². The summed E-state index contributed by atoms with van der Waals surface area (Å²) in [6, 6.07) is 0. The lowest BCUT2D eigenvalue weighted by Gasteiger charge is -2.30. The largest absolute Gasteiger partial charge is 0.473 e. The van der Waals surface area contributed by atoms with Gasteiger partial charge in [0.05, 0.1) is 21.1 Å². The van der Waals surface area contributed by atoms with Crippen LogP contribution in [0.25, 0.3) is 0 Å². The molecule has 0 bridgehead atoms. The summed E-state index contributed by atoms with van der Waals surface area (Å²) in [7, 11) is 0.867. The number of ketones is 1. The Kier molecular flexibility index (Phi) is 14.5. The van der Waals surface area contributed by atoms with Gasteiger partial charge in [-0.2, -0.15) is 0 Å². The minimum absolute atomic E-state index is 0.0533. The maximum atomic E-state index is 12.4. The third kappa shape index (κ3) is 14.6. The normalized spacial score (nSPS) is 15.7. The van der Waals surface area contributed by atoms with Crippen molar-refractivity contribution >= 4 is 13.6 Å². The second-order valence-corrected chi connectivity index (χ2v) is 10.3. The number of phosphoric acid groups is 1. The number of nitrogens with zero attached hydrogens (tertiary/aromatic N) is 1. The van der Waals surface area contributed by atoms with Crippen molar-refractivity contribution in [2.24, 2.45) is 0 Å². The van der Waals surface area contributed by atoms with Gasteiger partial charge < -0.3 is 24.7 Å². The molecular formula is C20H43NO8P+. The van der Waals surface area contributed by atoms with Crippen LogP contribution in [0.2, 0.25) is 0 Å². The third-order valence-electron chi connectivity index (χ3n) is 4.73. The average Bonchev–Trinajstić information content (AvgIpc) is 2.63. The molecule has 0 aliphatic rings. The van der Waals surface area contributed by atoms with Gasteiger partial charge in [0.2, 0.25) is 5.79 Å². The number of phosphoric ester groups is 1. The van der Waals surface area contributed by atoms with Gasteiger partial charge in [-0.05, 0) is 6.42 Å². The van der Waals surface area contributed by atoms with Crippen molar-refractivity contribution in [3.05, 3.63) is 0 Å². The van der Waals surface area contributed by atoms with Crippen LogP contribution in [0.4, 0.5) is 0 Å². The molecule has 0 saturated carbocycles. The van der Waals surface area contributed by atoms with Gasteiger partial charge in [-0.1, -0.05) is 58.3 Å². The number of carbonyl (C=O) groups excluding carboxylic acids is 1.